The summed E-state index contributed by atoms with van der Waals surface area (Å²) >= 11 is 0. The first-order valence-electron chi connectivity index (χ1n) is 7.32. The number of amides is 1. The van der Waals surface area contributed by atoms with Crippen LogP contribution in [0.1, 0.15) is 22.8 Å². The van der Waals surface area contributed by atoms with Crippen molar-refractivity contribution in [3.05, 3.63) is 59.7 Å². The van der Waals surface area contributed by atoms with E-state index in [0.29, 0.717) is 24.3 Å². The van der Waals surface area contributed by atoms with E-state index in [1.54, 1.807) is 50.4 Å². The third kappa shape index (κ3) is 4.85. The Kier molecular flexibility index (Phi) is 5.74. The molecule has 2 aromatic carbocycles. The molecule has 0 spiro atoms. The SMILES string of the molecule is CCOC(=O)Nc1ccc(CC(=O)c2ccc(OC)cc2)cc1. The van der Waals surface area contributed by atoms with E-state index in [0.717, 1.165) is 11.3 Å². The molecule has 2 rings (SSSR count). The van der Waals surface area contributed by atoms with E-state index in [-0.39, 0.29) is 5.78 Å². The van der Waals surface area contributed by atoms with Crippen molar-refractivity contribution in [2.75, 3.05) is 19.0 Å². The van der Waals surface area contributed by atoms with Crippen LogP contribution in [0.4, 0.5) is 10.5 Å². The number of Topliss-reactive ketones (excluding diaryl/α,β-unsaturated/α-hetero) is 1. The summed E-state index contributed by atoms with van der Waals surface area (Å²) in [5, 5.41) is 2.61. The monoisotopic (exact) mass is 313 g/mol. The van der Waals surface area contributed by atoms with Crippen molar-refractivity contribution in [2.45, 2.75) is 13.3 Å². The van der Waals surface area contributed by atoms with Gasteiger partial charge in [-0.2, -0.15) is 0 Å². The van der Waals surface area contributed by atoms with Gasteiger partial charge < -0.3 is 9.47 Å². The normalized spacial score (nSPS) is 10.0. The summed E-state index contributed by atoms with van der Waals surface area (Å²) in [5.41, 5.74) is 2.14. The molecule has 5 heteroatoms. The van der Waals surface area contributed by atoms with Crippen LogP contribution < -0.4 is 10.1 Å². The molecule has 0 atom stereocenters. The fraction of sp³-hybridized carbons (Fsp3) is 0.222. The molecule has 1 amide bonds. The van der Waals surface area contributed by atoms with Gasteiger partial charge in [0.2, 0.25) is 0 Å². The van der Waals surface area contributed by atoms with Crippen molar-refractivity contribution in [2.24, 2.45) is 0 Å². The lowest BCUT2D eigenvalue weighted by molar-refractivity contribution is 0.0993. The van der Waals surface area contributed by atoms with Crippen LogP contribution in [-0.4, -0.2) is 25.6 Å². The van der Waals surface area contributed by atoms with Crippen LogP contribution in [0.5, 0.6) is 5.75 Å². The molecule has 5 nitrogen and oxygen atoms in total. The maximum Gasteiger partial charge on any atom is 0.411 e. The molecule has 23 heavy (non-hydrogen) atoms. The maximum absolute atomic E-state index is 12.2. The van der Waals surface area contributed by atoms with Crippen LogP contribution in [0, 0.1) is 0 Å². The van der Waals surface area contributed by atoms with Gasteiger partial charge in [0.1, 0.15) is 5.75 Å². The van der Waals surface area contributed by atoms with Crippen molar-refractivity contribution in [3.63, 3.8) is 0 Å². The van der Waals surface area contributed by atoms with Crippen LogP contribution in [-0.2, 0) is 11.2 Å². The molecule has 1 N–H and O–H groups in total. The highest BCUT2D eigenvalue weighted by Gasteiger charge is 2.08. The van der Waals surface area contributed by atoms with Crippen LogP contribution >= 0.6 is 0 Å². The summed E-state index contributed by atoms with van der Waals surface area (Å²) in [6.45, 7) is 2.06. The number of benzene rings is 2. The molecule has 0 saturated carbocycles. The Morgan fingerprint density at radius 3 is 2.22 bits per heavy atom. The largest absolute Gasteiger partial charge is 0.497 e. The topological polar surface area (TPSA) is 64.6 Å². The van der Waals surface area contributed by atoms with E-state index in [1.165, 1.54) is 0 Å². The zero-order valence-electron chi connectivity index (χ0n) is 13.2. The zero-order chi connectivity index (χ0) is 16.7. The minimum atomic E-state index is -0.491. The summed E-state index contributed by atoms with van der Waals surface area (Å²) in [6, 6.07) is 14.1. The highest BCUT2D eigenvalue weighted by Crippen LogP contribution is 2.15. The molecule has 0 bridgehead atoms. The van der Waals surface area contributed by atoms with Crippen molar-refractivity contribution in [1.82, 2.24) is 0 Å². The number of methoxy groups -OCH3 is 1. The maximum atomic E-state index is 12.2. The van der Waals surface area contributed by atoms with Gasteiger partial charge in [-0.3, -0.25) is 10.1 Å². The lowest BCUT2D eigenvalue weighted by Gasteiger charge is -2.07. The second-order valence-corrected chi connectivity index (χ2v) is 4.87. The molecule has 0 aromatic heterocycles. The van der Waals surface area contributed by atoms with E-state index in [4.69, 9.17) is 9.47 Å². The third-order valence-corrected chi connectivity index (χ3v) is 3.25. The standard InChI is InChI=1S/C18H19NO4/c1-3-23-18(21)19-15-8-4-13(5-9-15)12-17(20)14-6-10-16(22-2)11-7-14/h4-11H,3,12H2,1-2H3,(H,19,21). The van der Waals surface area contributed by atoms with Gasteiger partial charge in [-0.25, -0.2) is 4.79 Å². The lowest BCUT2D eigenvalue weighted by atomic mass is 10.0. The molecule has 2 aromatic rings. The summed E-state index contributed by atoms with van der Waals surface area (Å²) in [6.07, 6.45) is -0.194. The molecule has 0 heterocycles. The Labute approximate surface area is 135 Å². The smallest absolute Gasteiger partial charge is 0.411 e. The number of anilines is 1. The van der Waals surface area contributed by atoms with Gasteiger partial charge in [0.25, 0.3) is 0 Å². The first-order valence-corrected chi connectivity index (χ1v) is 7.32. The molecule has 0 fully saturated rings. The molecule has 0 aliphatic heterocycles. The number of carbonyl (C=O) groups excluding carboxylic acids is 2. The van der Waals surface area contributed by atoms with Gasteiger partial charge in [-0.15, -0.1) is 0 Å². The number of rotatable bonds is 6. The highest BCUT2D eigenvalue weighted by molar-refractivity contribution is 5.97. The summed E-state index contributed by atoms with van der Waals surface area (Å²) in [4.78, 5) is 23.5. The molecular formula is C18H19NO4. The average molecular weight is 313 g/mol. The Morgan fingerprint density at radius 1 is 1.00 bits per heavy atom. The highest BCUT2D eigenvalue weighted by atomic mass is 16.5. The quantitative estimate of drug-likeness (QED) is 0.826. The molecule has 0 aliphatic rings. The predicted octanol–water partition coefficient (Wildman–Crippen LogP) is 3.69. The van der Waals surface area contributed by atoms with Crippen molar-refractivity contribution in [3.8, 4) is 5.75 Å². The van der Waals surface area contributed by atoms with Gasteiger partial charge in [0.05, 0.1) is 13.7 Å². The van der Waals surface area contributed by atoms with E-state index >= 15 is 0 Å². The van der Waals surface area contributed by atoms with Gasteiger partial charge >= 0.3 is 6.09 Å². The number of hydrogen-bond donors (Lipinski definition) is 1. The van der Waals surface area contributed by atoms with Gasteiger partial charge in [-0.05, 0) is 48.9 Å². The molecule has 0 saturated heterocycles. The summed E-state index contributed by atoms with van der Waals surface area (Å²) in [5.74, 6) is 0.745. The second kappa shape index (κ2) is 7.98. The molecule has 0 unspecified atom stereocenters. The second-order valence-electron chi connectivity index (χ2n) is 4.87. The summed E-state index contributed by atoms with van der Waals surface area (Å²) < 4.78 is 9.88. The molecule has 0 radical (unpaired) electrons. The fourth-order valence-electron chi connectivity index (χ4n) is 2.06. The third-order valence-electron chi connectivity index (χ3n) is 3.25. The van der Waals surface area contributed by atoms with Crippen LogP contribution in [0.3, 0.4) is 0 Å². The Morgan fingerprint density at radius 2 is 1.65 bits per heavy atom. The Balaban J connectivity index is 1.96. The van der Waals surface area contributed by atoms with Crippen molar-refractivity contribution < 1.29 is 19.1 Å². The first-order chi connectivity index (χ1) is 11.1. The van der Waals surface area contributed by atoms with Crippen LogP contribution in [0.2, 0.25) is 0 Å². The van der Waals surface area contributed by atoms with Gasteiger partial charge in [-0.1, -0.05) is 12.1 Å². The Bertz CT molecular complexity index is 662. The molecule has 120 valence electrons. The molecular weight excluding hydrogens is 294 g/mol. The molecule has 0 aliphatic carbocycles. The van der Waals surface area contributed by atoms with Gasteiger partial charge in [0, 0.05) is 17.7 Å². The number of carbonyl (C=O) groups is 2. The van der Waals surface area contributed by atoms with E-state index in [1.807, 2.05) is 12.1 Å². The number of hydrogen-bond acceptors (Lipinski definition) is 4. The fourth-order valence-corrected chi connectivity index (χ4v) is 2.06. The average Bonchev–Trinajstić information content (AvgIpc) is 2.57. The summed E-state index contributed by atoms with van der Waals surface area (Å²) in [7, 11) is 1.59. The minimum Gasteiger partial charge on any atom is -0.497 e. The van der Waals surface area contributed by atoms with Gasteiger partial charge in [0.15, 0.2) is 5.78 Å². The number of ketones is 1. The van der Waals surface area contributed by atoms with Crippen LogP contribution in [0.15, 0.2) is 48.5 Å². The van der Waals surface area contributed by atoms with Crippen LogP contribution in [0.25, 0.3) is 0 Å². The van der Waals surface area contributed by atoms with Crippen molar-refractivity contribution >= 4 is 17.6 Å². The van der Waals surface area contributed by atoms with E-state index in [2.05, 4.69) is 5.32 Å². The zero-order valence-corrected chi connectivity index (χ0v) is 13.2. The first kappa shape index (κ1) is 16.5. The number of nitrogens with one attached hydrogen (secondary N) is 1. The van der Waals surface area contributed by atoms with Crippen molar-refractivity contribution in [1.29, 1.82) is 0 Å². The lowest BCUT2D eigenvalue weighted by Crippen LogP contribution is -2.13. The van der Waals surface area contributed by atoms with E-state index < -0.39 is 6.09 Å². The Hall–Kier alpha value is -2.82. The van der Waals surface area contributed by atoms with E-state index in [9.17, 15) is 9.59 Å². The minimum absolute atomic E-state index is 0.0266. The number of ether oxygens (including phenoxy) is 2. The predicted molar refractivity (Wildman–Crippen MR) is 88.1 cm³/mol.